The Morgan fingerprint density at radius 1 is 1.39 bits per heavy atom. The molecule has 1 aliphatic rings. The third-order valence-electron chi connectivity index (χ3n) is 4.01. The number of β-amino-alcohol motifs (C(OH)–C–C–N with tert-alkyl or cyclic N) is 1. The number of nitrogens with zero attached hydrogens (tertiary/aromatic N) is 1. The van der Waals surface area contributed by atoms with Crippen LogP contribution in [0, 0.1) is 6.92 Å². The Hall–Kier alpha value is -3.07. The number of alkyl halides is 3. The molecule has 9 heteroatoms. The average Bonchev–Trinajstić information content (AvgIpc) is 2.81. The fraction of sp³-hybridized carbons (Fsp3) is 0.263. The van der Waals surface area contributed by atoms with Gasteiger partial charge in [-0.2, -0.15) is 13.2 Å². The number of aryl methyl sites for hydroxylation is 1. The van der Waals surface area contributed by atoms with Gasteiger partial charge in [-0.15, -0.1) is 0 Å². The summed E-state index contributed by atoms with van der Waals surface area (Å²) in [6, 6.07) is 5.99. The van der Waals surface area contributed by atoms with Crippen LogP contribution in [0.5, 0.6) is 5.75 Å². The second kappa shape index (κ2) is 7.89. The third-order valence-corrected chi connectivity index (χ3v) is 4.01. The molecule has 0 saturated carbocycles. The van der Waals surface area contributed by atoms with E-state index in [2.05, 4.69) is 15.6 Å². The molecule has 28 heavy (non-hydrogen) atoms. The molecule has 6 nitrogen and oxygen atoms in total. The molecule has 0 spiro atoms. The van der Waals surface area contributed by atoms with Gasteiger partial charge in [0.05, 0.1) is 11.9 Å². The van der Waals surface area contributed by atoms with E-state index in [9.17, 15) is 23.1 Å². The van der Waals surface area contributed by atoms with Gasteiger partial charge in [-0.3, -0.25) is 4.79 Å². The molecule has 1 unspecified atom stereocenters. The first-order valence-electron chi connectivity index (χ1n) is 8.44. The zero-order valence-electron chi connectivity index (χ0n) is 14.9. The van der Waals surface area contributed by atoms with Crippen LogP contribution in [0.25, 0.3) is 6.08 Å². The van der Waals surface area contributed by atoms with Gasteiger partial charge in [-0.05, 0) is 24.1 Å². The molecule has 0 saturated heterocycles. The number of anilines is 2. The van der Waals surface area contributed by atoms with Gasteiger partial charge in [-0.1, -0.05) is 18.2 Å². The van der Waals surface area contributed by atoms with E-state index in [4.69, 9.17) is 4.74 Å². The van der Waals surface area contributed by atoms with Crippen molar-refractivity contribution in [2.24, 2.45) is 0 Å². The molecule has 2 aromatic rings. The number of nitrogens with one attached hydrogen (secondary N) is 2. The number of rotatable bonds is 3. The average molecular weight is 393 g/mol. The van der Waals surface area contributed by atoms with Gasteiger partial charge in [0.25, 0.3) is 5.91 Å². The van der Waals surface area contributed by atoms with Gasteiger partial charge in [0, 0.05) is 24.3 Å². The minimum Gasteiger partial charge on any atom is -0.487 e. The number of benzene rings is 1. The van der Waals surface area contributed by atoms with Crippen molar-refractivity contribution in [1.29, 1.82) is 0 Å². The van der Waals surface area contributed by atoms with Crippen LogP contribution in [0.15, 0.2) is 36.5 Å². The predicted molar refractivity (Wildman–Crippen MR) is 98.4 cm³/mol. The van der Waals surface area contributed by atoms with E-state index in [1.807, 2.05) is 0 Å². The van der Waals surface area contributed by atoms with Crippen LogP contribution < -0.4 is 15.4 Å². The van der Waals surface area contributed by atoms with Gasteiger partial charge in [0.2, 0.25) is 0 Å². The summed E-state index contributed by atoms with van der Waals surface area (Å²) in [5.41, 5.74) is 1.60. The maximum absolute atomic E-state index is 12.5. The molecule has 148 valence electrons. The zero-order valence-corrected chi connectivity index (χ0v) is 14.9. The highest BCUT2D eigenvalue weighted by Crippen LogP contribution is 2.28. The Balaban J connectivity index is 1.74. The number of pyridine rings is 1. The number of allylic oxidation sites excluding steroid dienone is 1. The van der Waals surface area contributed by atoms with Crippen molar-refractivity contribution in [3.05, 3.63) is 53.2 Å². The molecule has 3 rings (SSSR count). The topological polar surface area (TPSA) is 83.5 Å². The number of aliphatic hydroxyl groups excluding tert-OH is 1. The lowest BCUT2D eigenvalue weighted by Gasteiger charge is -2.11. The van der Waals surface area contributed by atoms with Crippen LogP contribution >= 0.6 is 0 Å². The molecule has 3 N–H and O–H groups in total. The highest BCUT2D eigenvalue weighted by atomic mass is 19.4. The first-order valence-corrected chi connectivity index (χ1v) is 8.44. The highest BCUT2D eigenvalue weighted by Gasteiger charge is 2.22. The number of hydrogen-bond donors (Lipinski definition) is 3. The lowest BCUT2D eigenvalue weighted by Crippen LogP contribution is -2.23. The summed E-state index contributed by atoms with van der Waals surface area (Å²) in [6.07, 6.45) is -2.52. The fourth-order valence-corrected chi connectivity index (χ4v) is 2.65. The minimum atomic E-state index is -4.39. The van der Waals surface area contributed by atoms with E-state index in [1.165, 1.54) is 24.4 Å². The summed E-state index contributed by atoms with van der Waals surface area (Å²) < 4.78 is 42.3. The quantitative estimate of drug-likeness (QED) is 0.745. The number of fused-ring (bicyclic) bond motifs is 1. The summed E-state index contributed by atoms with van der Waals surface area (Å²) in [5.74, 6) is 0.442. The Kier molecular flexibility index (Phi) is 5.55. The molecule has 0 aliphatic carbocycles. The van der Waals surface area contributed by atoms with E-state index in [-0.39, 0.29) is 12.7 Å². The fourth-order valence-electron chi connectivity index (χ4n) is 2.65. The zero-order chi connectivity index (χ0) is 20.3. The van der Waals surface area contributed by atoms with Crippen LogP contribution in [0.2, 0.25) is 0 Å². The third kappa shape index (κ3) is 5.01. The van der Waals surface area contributed by atoms with E-state index < -0.39 is 18.2 Å². The summed E-state index contributed by atoms with van der Waals surface area (Å²) in [4.78, 5) is 16.7. The smallest absolute Gasteiger partial charge is 0.409 e. The van der Waals surface area contributed by atoms with Gasteiger partial charge in [-0.25, -0.2) is 4.98 Å². The summed E-state index contributed by atoms with van der Waals surface area (Å²) >= 11 is 0. The van der Waals surface area contributed by atoms with Crippen LogP contribution in [0.3, 0.4) is 0 Å². The van der Waals surface area contributed by atoms with Crippen molar-refractivity contribution in [2.75, 3.05) is 23.8 Å². The number of hydrogen-bond acceptors (Lipinski definition) is 5. The van der Waals surface area contributed by atoms with Crippen LogP contribution in [0.1, 0.15) is 21.5 Å². The summed E-state index contributed by atoms with van der Waals surface area (Å²) in [5, 5.41) is 15.2. The summed E-state index contributed by atoms with van der Waals surface area (Å²) in [6.45, 7) is 2.05. The van der Waals surface area contributed by atoms with E-state index in [0.717, 1.165) is 6.08 Å². The predicted octanol–water partition coefficient (Wildman–Crippen LogP) is 3.38. The number of aliphatic hydroxyl groups is 1. The molecule has 2 heterocycles. The minimum absolute atomic E-state index is 0.102. The van der Waals surface area contributed by atoms with Crippen LogP contribution in [0.4, 0.5) is 24.7 Å². The number of ether oxygens (including phenoxy) is 1. The number of amides is 1. The van der Waals surface area contributed by atoms with Gasteiger partial charge >= 0.3 is 6.18 Å². The van der Waals surface area contributed by atoms with Crippen LogP contribution in [-0.2, 0) is 0 Å². The first kappa shape index (κ1) is 19.7. The second-order valence-corrected chi connectivity index (χ2v) is 6.32. The van der Waals surface area contributed by atoms with Gasteiger partial charge in [0.15, 0.2) is 11.6 Å². The lowest BCUT2D eigenvalue weighted by atomic mass is 10.0. The van der Waals surface area contributed by atoms with Crippen molar-refractivity contribution in [3.8, 4) is 5.75 Å². The number of halogens is 3. The SMILES string of the molecule is Cc1cc(C=CC(F)(F)F)ccc1C(=O)Nc1cnc2c(c1)OCC(O)CN2. The Labute approximate surface area is 159 Å². The van der Waals surface area contributed by atoms with Crippen LogP contribution in [-0.4, -0.2) is 41.4 Å². The maximum Gasteiger partial charge on any atom is 0.409 e. The Morgan fingerprint density at radius 2 is 2.18 bits per heavy atom. The van der Waals surface area contributed by atoms with Crippen molar-refractivity contribution < 1.29 is 27.8 Å². The van der Waals surface area contributed by atoms with Gasteiger partial charge < -0.3 is 20.5 Å². The van der Waals surface area contributed by atoms with E-state index >= 15 is 0 Å². The van der Waals surface area contributed by atoms with Crippen molar-refractivity contribution in [2.45, 2.75) is 19.2 Å². The molecule has 1 aromatic heterocycles. The molecule has 1 aromatic carbocycles. The number of carbonyl (C=O) groups is 1. The van der Waals surface area contributed by atoms with Crippen molar-refractivity contribution >= 4 is 23.5 Å². The number of aromatic nitrogens is 1. The Morgan fingerprint density at radius 3 is 2.89 bits per heavy atom. The van der Waals surface area contributed by atoms with Crippen molar-refractivity contribution in [1.82, 2.24) is 4.98 Å². The molecular weight excluding hydrogens is 375 g/mol. The lowest BCUT2D eigenvalue weighted by molar-refractivity contribution is -0.0790. The normalized spacial score (nSPS) is 16.7. The molecule has 1 aliphatic heterocycles. The maximum atomic E-state index is 12.5. The first-order chi connectivity index (χ1) is 13.2. The largest absolute Gasteiger partial charge is 0.487 e. The monoisotopic (exact) mass is 393 g/mol. The van der Waals surface area contributed by atoms with Gasteiger partial charge in [0.1, 0.15) is 12.7 Å². The highest BCUT2D eigenvalue weighted by molar-refractivity contribution is 6.05. The molecule has 0 radical (unpaired) electrons. The summed E-state index contributed by atoms with van der Waals surface area (Å²) in [7, 11) is 0. The molecule has 1 atom stereocenters. The molecular formula is C19H18F3N3O3. The molecule has 1 amide bonds. The van der Waals surface area contributed by atoms with E-state index in [0.29, 0.717) is 40.5 Å². The number of carbonyl (C=O) groups excluding carboxylic acids is 1. The van der Waals surface area contributed by atoms with Crippen molar-refractivity contribution in [3.63, 3.8) is 0 Å². The van der Waals surface area contributed by atoms with E-state index in [1.54, 1.807) is 13.0 Å². The molecule has 0 fully saturated rings. The second-order valence-electron chi connectivity index (χ2n) is 6.32. The standard InChI is InChI=1S/C19H18F3N3O3/c1-11-6-12(4-5-19(20,21)22)2-3-15(11)18(27)25-13-7-16-17(23-8-13)24-9-14(26)10-28-16/h2-8,14,26H,9-10H2,1H3,(H,23,24)(H,25,27). The molecule has 0 bridgehead atoms. The Bertz CT molecular complexity index is 913.